The van der Waals surface area contributed by atoms with Crippen LogP contribution in [0.3, 0.4) is 0 Å². The maximum atomic E-state index is 12.5. The maximum Gasteiger partial charge on any atom is 0.279 e. The van der Waals surface area contributed by atoms with Crippen LogP contribution in [0.15, 0.2) is 47.4 Å². The summed E-state index contributed by atoms with van der Waals surface area (Å²) < 4.78 is 36.0. The Kier molecular flexibility index (Phi) is 7.00. The lowest BCUT2D eigenvalue weighted by Crippen LogP contribution is -3.13. The second-order valence-corrected chi connectivity index (χ2v) is 9.26. The second kappa shape index (κ2) is 9.47. The minimum absolute atomic E-state index is 0.0465. The first kappa shape index (κ1) is 21.4. The zero-order valence-corrected chi connectivity index (χ0v) is 17.7. The zero-order chi connectivity index (χ0) is 20.9. The Morgan fingerprint density at radius 3 is 2.48 bits per heavy atom. The van der Waals surface area contributed by atoms with Crippen molar-refractivity contribution in [3.8, 4) is 11.5 Å². The van der Waals surface area contributed by atoms with E-state index in [0.29, 0.717) is 48.5 Å². The molecular weight excluding hydrogens is 416 g/mol. The molecule has 0 fully saturated rings. The molecule has 0 aliphatic carbocycles. The fraction of sp³-hybridized carbons (Fsp3) is 0.350. The van der Waals surface area contributed by atoms with Gasteiger partial charge in [-0.25, -0.2) is 8.42 Å². The molecule has 29 heavy (non-hydrogen) atoms. The smallest absolute Gasteiger partial charge is 0.279 e. The fourth-order valence-electron chi connectivity index (χ4n) is 2.98. The van der Waals surface area contributed by atoms with Crippen molar-refractivity contribution < 1.29 is 27.6 Å². The van der Waals surface area contributed by atoms with Crippen LogP contribution in [0, 0.1) is 0 Å². The van der Waals surface area contributed by atoms with Crippen molar-refractivity contribution >= 4 is 33.0 Å². The first-order chi connectivity index (χ1) is 13.9. The largest absolute Gasteiger partial charge is 0.486 e. The third-order valence-corrected chi connectivity index (χ3v) is 6.62. The maximum absolute atomic E-state index is 12.5. The number of likely N-dealkylation sites (N-methyl/N-ethyl adjacent to an activating group) is 1. The number of carbonyl (C=O) groups excluding carboxylic acids is 1. The van der Waals surface area contributed by atoms with E-state index in [0.717, 1.165) is 4.90 Å². The Morgan fingerprint density at radius 1 is 1.10 bits per heavy atom. The zero-order valence-electron chi connectivity index (χ0n) is 16.1. The molecule has 2 N–H and O–H groups in total. The van der Waals surface area contributed by atoms with Crippen LogP contribution in [0.25, 0.3) is 0 Å². The molecule has 0 aromatic heterocycles. The summed E-state index contributed by atoms with van der Waals surface area (Å²) in [7, 11) is -3.43. The molecule has 0 spiro atoms. The highest BCUT2D eigenvalue weighted by molar-refractivity contribution is 7.91. The molecule has 1 aliphatic rings. The summed E-state index contributed by atoms with van der Waals surface area (Å²) in [5.41, 5.74) is 0.614. The number of ether oxygens (including phenoxy) is 2. The Morgan fingerprint density at radius 2 is 1.79 bits per heavy atom. The SMILES string of the molecule is CC[NH+](CCS(=O)(=O)c1ccc(Cl)cc1)CC(=O)Nc1ccc2c(c1)OCCO2. The van der Waals surface area contributed by atoms with Gasteiger partial charge in [0.15, 0.2) is 27.9 Å². The topological polar surface area (TPSA) is 86.1 Å². The van der Waals surface area contributed by atoms with Crippen molar-refractivity contribution in [1.82, 2.24) is 0 Å². The van der Waals surface area contributed by atoms with Gasteiger partial charge in [-0.3, -0.25) is 4.79 Å². The molecule has 1 heterocycles. The number of benzene rings is 2. The minimum Gasteiger partial charge on any atom is -0.486 e. The van der Waals surface area contributed by atoms with E-state index in [2.05, 4.69) is 5.32 Å². The Hall–Kier alpha value is -2.29. The number of fused-ring (bicyclic) bond motifs is 1. The predicted octanol–water partition coefficient (Wildman–Crippen LogP) is 1.43. The lowest BCUT2D eigenvalue weighted by Gasteiger charge is -2.20. The van der Waals surface area contributed by atoms with Crippen LogP contribution in [0.4, 0.5) is 5.69 Å². The molecule has 1 amide bonds. The lowest BCUT2D eigenvalue weighted by molar-refractivity contribution is -0.887. The van der Waals surface area contributed by atoms with E-state index >= 15 is 0 Å². The normalized spacial score (nSPS) is 14.3. The van der Waals surface area contributed by atoms with E-state index in [4.69, 9.17) is 21.1 Å². The summed E-state index contributed by atoms with van der Waals surface area (Å²) in [4.78, 5) is 13.5. The molecule has 156 valence electrons. The number of anilines is 1. The van der Waals surface area contributed by atoms with Gasteiger partial charge in [0, 0.05) is 16.8 Å². The molecule has 0 radical (unpaired) electrons. The molecular formula is C20H24ClN2O5S+. The van der Waals surface area contributed by atoms with Crippen LogP contribution in [-0.2, 0) is 14.6 Å². The number of halogens is 1. The molecule has 7 nitrogen and oxygen atoms in total. The van der Waals surface area contributed by atoms with Crippen molar-refractivity contribution in [1.29, 1.82) is 0 Å². The van der Waals surface area contributed by atoms with Crippen molar-refractivity contribution in [3.05, 3.63) is 47.5 Å². The number of quaternary nitrogens is 1. The molecule has 0 bridgehead atoms. The van der Waals surface area contributed by atoms with E-state index in [9.17, 15) is 13.2 Å². The van der Waals surface area contributed by atoms with Crippen molar-refractivity contribution in [3.63, 3.8) is 0 Å². The first-order valence-electron chi connectivity index (χ1n) is 9.39. The van der Waals surface area contributed by atoms with E-state index in [1.54, 1.807) is 30.3 Å². The summed E-state index contributed by atoms with van der Waals surface area (Å²) in [6.07, 6.45) is 0. The van der Waals surface area contributed by atoms with E-state index in [-0.39, 0.29) is 23.1 Å². The molecule has 2 aromatic rings. The second-order valence-electron chi connectivity index (χ2n) is 6.71. The first-order valence-corrected chi connectivity index (χ1v) is 11.4. The molecule has 9 heteroatoms. The number of carbonyl (C=O) groups is 1. The number of hydrogen-bond donors (Lipinski definition) is 2. The highest BCUT2D eigenvalue weighted by Crippen LogP contribution is 2.32. The van der Waals surface area contributed by atoms with Crippen LogP contribution in [0.2, 0.25) is 5.02 Å². The fourth-order valence-corrected chi connectivity index (χ4v) is 4.45. The van der Waals surface area contributed by atoms with Crippen molar-refractivity contribution in [2.75, 3.05) is 43.9 Å². The van der Waals surface area contributed by atoms with Gasteiger partial charge < -0.3 is 19.7 Å². The van der Waals surface area contributed by atoms with Gasteiger partial charge in [0.1, 0.15) is 19.0 Å². The predicted molar refractivity (Wildman–Crippen MR) is 111 cm³/mol. The molecule has 0 saturated carbocycles. The molecule has 1 atom stereocenters. The van der Waals surface area contributed by atoms with Crippen LogP contribution >= 0.6 is 11.6 Å². The van der Waals surface area contributed by atoms with Gasteiger partial charge in [-0.15, -0.1) is 0 Å². The van der Waals surface area contributed by atoms with Gasteiger partial charge in [0.2, 0.25) is 0 Å². The summed E-state index contributed by atoms with van der Waals surface area (Å²) in [5, 5.41) is 3.32. The Balaban J connectivity index is 1.55. The van der Waals surface area contributed by atoms with Gasteiger partial charge in [0.25, 0.3) is 5.91 Å². The van der Waals surface area contributed by atoms with Crippen LogP contribution in [-0.4, -0.2) is 52.9 Å². The number of hydrogen-bond acceptors (Lipinski definition) is 5. The Labute approximate surface area is 175 Å². The van der Waals surface area contributed by atoms with Crippen LogP contribution in [0.5, 0.6) is 11.5 Å². The molecule has 1 unspecified atom stereocenters. The molecule has 2 aromatic carbocycles. The van der Waals surface area contributed by atoms with Gasteiger partial charge in [-0.2, -0.15) is 0 Å². The highest BCUT2D eigenvalue weighted by atomic mass is 35.5. The summed E-state index contributed by atoms with van der Waals surface area (Å²) in [6, 6.07) is 11.3. The van der Waals surface area contributed by atoms with E-state index in [1.807, 2.05) is 6.92 Å². The minimum atomic E-state index is -3.43. The van der Waals surface area contributed by atoms with Gasteiger partial charge >= 0.3 is 0 Å². The molecule has 3 rings (SSSR count). The Bertz CT molecular complexity index is 963. The van der Waals surface area contributed by atoms with Gasteiger partial charge in [0.05, 0.1) is 18.0 Å². The number of amides is 1. The average Bonchev–Trinajstić information content (AvgIpc) is 2.71. The lowest BCUT2D eigenvalue weighted by atomic mass is 10.2. The third kappa shape index (κ3) is 5.85. The summed E-state index contributed by atoms with van der Waals surface area (Å²) in [6.45, 7) is 4.02. The summed E-state index contributed by atoms with van der Waals surface area (Å²) >= 11 is 5.82. The monoisotopic (exact) mass is 439 g/mol. The number of nitrogens with one attached hydrogen (secondary N) is 2. The molecule has 0 saturated heterocycles. The summed E-state index contributed by atoms with van der Waals surface area (Å²) in [5.74, 6) is 1.02. The molecule has 1 aliphatic heterocycles. The highest BCUT2D eigenvalue weighted by Gasteiger charge is 2.20. The van der Waals surface area contributed by atoms with E-state index < -0.39 is 9.84 Å². The van der Waals surface area contributed by atoms with Crippen LogP contribution < -0.4 is 19.7 Å². The number of sulfone groups is 1. The van der Waals surface area contributed by atoms with Crippen molar-refractivity contribution in [2.24, 2.45) is 0 Å². The van der Waals surface area contributed by atoms with Gasteiger partial charge in [-0.1, -0.05) is 11.6 Å². The average molecular weight is 440 g/mol. The standard InChI is InChI=1S/C20H23ClN2O5S/c1-2-23(9-12-29(25,26)17-6-3-15(21)4-7-17)14-20(24)22-16-5-8-18-19(13-16)28-11-10-27-18/h3-8,13H,2,9-12,14H2,1H3,(H,22,24)/p+1. The van der Waals surface area contributed by atoms with Crippen LogP contribution in [0.1, 0.15) is 6.92 Å². The van der Waals surface area contributed by atoms with Gasteiger partial charge in [-0.05, 0) is 43.3 Å². The van der Waals surface area contributed by atoms with E-state index in [1.165, 1.54) is 12.1 Å². The number of rotatable bonds is 8. The quantitative estimate of drug-likeness (QED) is 0.649. The van der Waals surface area contributed by atoms with Crippen molar-refractivity contribution in [2.45, 2.75) is 11.8 Å². The third-order valence-electron chi connectivity index (χ3n) is 4.63.